The number of carbonyl (C=O) groups is 1. The Morgan fingerprint density at radius 2 is 0.898 bits per heavy atom. The highest BCUT2D eigenvalue weighted by atomic mass is 32.3. The number of ether oxygens (including phenoxy) is 12. The first-order valence-corrected chi connectivity index (χ1v) is 34.3. The molecule has 0 aromatic carbocycles. The second-order valence-electron chi connectivity index (χ2n) is 20.7. The molecule has 516 valence electrons. The van der Waals surface area contributed by atoms with Crippen molar-refractivity contribution in [2.45, 2.75) is 165 Å². The van der Waals surface area contributed by atoms with Crippen molar-refractivity contribution in [1.82, 2.24) is 0 Å². The highest BCUT2D eigenvalue weighted by molar-refractivity contribution is 7.82. The van der Waals surface area contributed by atoms with E-state index in [1.54, 1.807) is 13.8 Å². The van der Waals surface area contributed by atoms with Gasteiger partial charge in [0, 0.05) is 30.8 Å². The van der Waals surface area contributed by atoms with E-state index in [-0.39, 0.29) is 6.47 Å². The molecule has 15 unspecified atom stereocenters. The minimum atomic E-state index is -6.20. The quantitative estimate of drug-likeness (QED) is 0.0118. The van der Waals surface area contributed by atoms with E-state index in [1.807, 2.05) is 0 Å². The first-order chi connectivity index (χ1) is 40.4. The van der Waals surface area contributed by atoms with E-state index in [0.717, 1.165) is 13.8 Å². The van der Waals surface area contributed by atoms with Crippen LogP contribution in [0.25, 0.3) is 0 Å². The molecule has 42 nitrogen and oxygen atoms in total. The van der Waals surface area contributed by atoms with Gasteiger partial charge in [0.1, 0.15) is 72.9 Å². The number of hydrogen-bond donors (Lipinski definition) is 0. The lowest BCUT2D eigenvalue weighted by Gasteiger charge is -2.51. The Balaban J connectivity index is 1.36. The number of rotatable bonds is 31. The van der Waals surface area contributed by atoms with Gasteiger partial charge in [0.2, 0.25) is 68.7 Å². The zero-order chi connectivity index (χ0) is 66.2. The molecule has 88 heavy (non-hydrogen) atoms. The molecule has 0 aromatic heterocycles. The summed E-state index contributed by atoms with van der Waals surface area (Å²) < 4.78 is 340. The van der Waals surface area contributed by atoms with E-state index >= 15 is 0 Å². The number of hydrogen-bond acceptors (Lipinski definition) is 42. The fourth-order valence-corrected chi connectivity index (χ4v) is 14.0. The van der Waals surface area contributed by atoms with Crippen molar-refractivity contribution in [3.05, 3.63) is 0 Å². The maximum atomic E-state index is 12.7. The highest BCUT2D eigenvalue weighted by Gasteiger charge is 2.75. The average molecular weight is 1420 g/mol. The highest BCUT2D eigenvalue weighted by Crippen LogP contribution is 2.64. The molecule has 6 rings (SSSR count). The van der Waals surface area contributed by atoms with Crippen LogP contribution in [0.15, 0.2) is 0 Å². The van der Waals surface area contributed by atoms with Crippen LogP contribution in [0.3, 0.4) is 0 Å². The van der Waals surface area contributed by atoms with Crippen molar-refractivity contribution in [2.24, 2.45) is 41.4 Å². The standard InChI is InChI=1S/C39H65O42S7/c1-14-16(3)33(69-21(25(14)62-8)10-66-83(44,45)46)71-26-15(2)17(4)34(75-37(26)64-13-41)72-28-20(9-65-81-82(42)43)70-38(32(80-88(59,60)61)31(28)79-87(56,57)58)76-39(7)23-18(5)35(74-36(24(23)39)63-12-40)73-29-22(11-67-84(47,48)49)68-19(6)27(77-85(50,51)52)30(29)78-86(53,54)55/h12,14-38H,9-11,13H2,1-8H3,(H,42,43)(H,44,45,46)(H,47,48,49)(H,50,51,52)(H,53,54,55)(H,56,57,58)(H,59,60,61)/q-1/p-7/t14?,15?,16?,17?,18?,19-,20?,21?,22?,23-,24+,25+,26+,27?,28+,29-,30?,31+,32?,33-,34+,35+,36?,37?,38+,39?/m1/s1. The van der Waals surface area contributed by atoms with Gasteiger partial charge >= 0.3 is 0 Å². The summed E-state index contributed by atoms with van der Waals surface area (Å²) in [7, 11) is -34.0. The van der Waals surface area contributed by atoms with E-state index in [1.165, 1.54) is 27.9 Å². The Hall–Kier alpha value is -1.76. The molecular weight excluding hydrogens is 1360 g/mol. The van der Waals surface area contributed by atoms with Gasteiger partial charge < -0.3 is 93.8 Å². The largest absolute Gasteiger partial charge is 0.834 e. The van der Waals surface area contributed by atoms with Crippen molar-refractivity contribution in [3.63, 3.8) is 0 Å². The molecule has 0 N–H and O–H groups in total. The van der Waals surface area contributed by atoms with Crippen molar-refractivity contribution in [2.75, 3.05) is 33.7 Å². The Kier molecular flexibility index (Phi) is 25.2. The second kappa shape index (κ2) is 29.5. The SMILES string of the molecule is CO[C@@H]1C(COS(=O)(=O)[O-])O[C@H](O[C@@H]2C(OC[O-])O[C@H](O[C@H]3C(COOS(=O)[O-])O[C@@H](OC4(C)[C@@H]5C(OC=O)O[C@H](O[C@@H]6C(COS(=O)(=O)[O-])O[C@H](C)C(OS(=O)(=O)[O-])C6OS(=O)(=O)[O-])C(C)[C@H]54)C(OS(=O)(=O)[O-])[C@H]3OS(=O)(=O)[O-])C(C)C2C)C(C)C1C. The summed E-state index contributed by atoms with van der Waals surface area (Å²) in [5.74, 6) is -7.41. The number of carbonyl (C=O) groups excluding carboxylic acids is 1. The third-order valence-corrected chi connectivity index (χ3v) is 18.2. The lowest BCUT2D eigenvalue weighted by Crippen LogP contribution is -2.65. The van der Waals surface area contributed by atoms with Gasteiger partial charge in [-0.05, 0) is 32.5 Å². The zero-order valence-corrected chi connectivity index (χ0v) is 52.1. The maximum Gasteiger partial charge on any atom is 0.295 e. The summed E-state index contributed by atoms with van der Waals surface area (Å²) in [5, 5.41) is 12.1. The van der Waals surface area contributed by atoms with Gasteiger partial charge in [-0.15, -0.1) is 4.33 Å². The molecule has 0 aromatic rings. The van der Waals surface area contributed by atoms with E-state index < -0.39 is 258 Å². The molecule has 0 spiro atoms. The molecule has 5 heterocycles. The third-order valence-electron chi connectivity index (χ3n) is 15.3. The zero-order valence-electron chi connectivity index (χ0n) is 46.3. The summed E-state index contributed by atoms with van der Waals surface area (Å²) in [5.41, 5.74) is -2.14. The van der Waals surface area contributed by atoms with Gasteiger partial charge in [0.25, 0.3) is 6.47 Å². The van der Waals surface area contributed by atoms with Crippen LogP contribution in [0.2, 0.25) is 0 Å². The Morgan fingerprint density at radius 1 is 0.477 bits per heavy atom. The molecule has 0 bridgehead atoms. The van der Waals surface area contributed by atoms with Gasteiger partial charge in [-0.3, -0.25) is 29.9 Å². The molecular formula is C39H58O42S7-8. The van der Waals surface area contributed by atoms with E-state index in [2.05, 4.69) is 21.1 Å². The first kappa shape index (κ1) is 75.3. The average Bonchev–Trinajstić information content (AvgIpc) is 1.58. The molecule has 1 saturated carbocycles. The first-order valence-electron chi connectivity index (χ1n) is 25.3. The van der Waals surface area contributed by atoms with Gasteiger partial charge in [-0.1, -0.05) is 34.6 Å². The normalized spacial score (nSPS) is 41.6. The minimum Gasteiger partial charge on any atom is -0.834 e. The maximum absolute atomic E-state index is 12.7. The summed E-state index contributed by atoms with van der Waals surface area (Å²) in [6.45, 7) is 4.17. The van der Waals surface area contributed by atoms with Crippen LogP contribution in [0.4, 0.5) is 0 Å². The molecule has 5 aliphatic heterocycles. The van der Waals surface area contributed by atoms with Crippen LogP contribution in [-0.4, -0.2) is 243 Å². The van der Waals surface area contributed by atoms with Crippen molar-refractivity contribution < 1.29 is 188 Å². The summed E-state index contributed by atoms with van der Waals surface area (Å²) >= 11 is -3.53. The molecule has 0 radical (unpaired) electrons. The topological polar surface area (TPSA) is 608 Å². The van der Waals surface area contributed by atoms with Gasteiger partial charge in [-0.2, -0.15) is 0 Å². The predicted octanol–water partition coefficient (Wildman–Crippen LogP) is -6.45. The fraction of sp³-hybridized carbons (Fsp3) is 0.974. The van der Waals surface area contributed by atoms with E-state index in [4.69, 9.17) is 70.1 Å². The van der Waals surface area contributed by atoms with Crippen LogP contribution in [-0.2, 0) is 170 Å². The van der Waals surface area contributed by atoms with Gasteiger partial charge in [0.15, 0.2) is 37.6 Å². The van der Waals surface area contributed by atoms with Gasteiger partial charge in [0.05, 0.1) is 36.9 Å². The molecule has 6 aliphatic rings. The summed E-state index contributed by atoms with van der Waals surface area (Å²) in [6, 6.07) is 0. The number of methoxy groups -OCH3 is 1. The monoisotopic (exact) mass is 1420 g/mol. The molecule has 27 atom stereocenters. The molecule has 1 aliphatic carbocycles. The Labute approximate surface area is 505 Å². The van der Waals surface area contributed by atoms with Crippen LogP contribution in [0, 0.1) is 41.4 Å². The van der Waals surface area contributed by atoms with E-state index in [0.29, 0.717) is 0 Å². The molecule has 6 fully saturated rings. The van der Waals surface area contributed by atoms with Crippen LogP contribution < -0.4 is 5.11 Å². The smallest absolute Gasteiger partial charge is 0.295 e. The fourth-order valence-electron chi connectivity index (χ4n) is 11.2. The molecule has 5 saturated heterocycles. The second-order valence-corrected chi connectivity index (χ2v) is 27.4. The minimum absolute atomic E-state index is 0.239. The Morgan fingerprint density at radius 3 is 1.38 bits per heavy atom. The molecule has 0 amide bonds. The predicted molar refractivity (Wildman–Crippen MR) is 255 cm³/mol. The lowest BCUT2D eigenvalue weighted by molar-refractivity contribution is -0.473. The van der Waals surface area contributed by atoms with Crippen molar-refractivity contribution in [3.8, 4) is 0 Å². The summed E-state index contributed by atoms with van der Waals surface area (Å²) in [4.78, 5) is 16.8. The van der Waals surface area contributed by atoms with Crippen molar-refractivity contribution in [1.29, 1.82) is 0 Å². The summed E-state index contributed by atoms with van der Waals surface area (Å²) in [6.07, 6.45) is -37.2. The number of fused-ring (bicyclic) bond motifs is 1. The van der Waals surface area contributed by atoms with E-state index in [9.17, 15) is 96.5 Å². The van der Waals surface area contributed by atoms with Crippen molar-refractivity contribution >= 4 is 80.2 Å². The van der Waals surface area contributed by atoms with Crippen LogP contribution >= 0.6 is 0 Å². The van der Waals surface area contributed by atoms with Gasteiger partial charge in [-0.25, -0.2) is 59.6 Å². The Bertz CT molecular complexity index is 3080. The van der Waals surface area contributed by atoms with Crippen LogP contribution in [0.5, 0.6) is 0 Å². The third kappa shape index (κ3) is 19.9. The lowest BCUT2D eigenvalue weighted by atomic mass is 9.83. The molecule has 49 heteroatoms. The van der Waals surface area contributed by atoms with Crippen LogP contribution in [0.1, 0.15) is 48.5 Å².